The number of aryl methyl sites for hydroxylation is 1. The lowest BCUT2D eigenvalue weighted by Crippen LogP contribution is -2.29. The van der Waals surface area contributed by atoms with Crippen LogP contribution in [0.25, 0.3) is 10.2 Å². The molecule has 4 aromatic rings. The van der Waals surface area contributed by atoms with Gasteiger partial charge in [-0.15, -0.1) is 0 Å². The first kappa shape index (κ1) is 23.9. The van der Waals surface area contributed by atoms with Gasteiger partial charge >= 0.3 is 5.97 Å². The maximum Gasteiger partial charge on any atom is 0.341 e. The molecule has 0 aliphatic carbocycles. The minimum absolute atomic E-state index is 0.0269. The van der Waals surface area contributed by atoms with Crippen LogP contribution in [-0.4, -0.2) is 37.4 Å². The van der Waals surface area contributed by atoms with E-state index in [0.717, 1.165) is 15.8 Å². The number of carbonyl (C=O) groups excluding carboxylic acids is 1. The highest BCUT2D eigenvalue weighted by molar-refractivity contribution is 7.92. The van der Waals surface area contributed by atoms with Crippen LogP contribution < -0.4 is 9.04 Å². The molecule has 0 N–H and O–H groups in total. The van der Waals surface area contributed by atoms with Crippen LogP contribution in [0.3, 0.4) is 0 Å². The lowest BCUT2D eigenvalue weighted by molar-refractivity contribution is 0.0527. The molecular formula is C23H20ClN3O5S2. The molecule has 0 saturated carbocycles. The van der Waals surface area contributed by atoms with Crippen molar-refractivity contribution >= 4 is 55.0 Å². The van der Waals surface area contributed by atoms with Gasteiger partial charge in [-0.1, -0.05) is 11.6 Å². The first-order valence-electron chi connectivity index (χ1n) is 10.2. The highest BCUT2D eigenvalue weighted by Gasteiger charge is 2.30. The molecule has 2 aromatic carbocycles. The van der Waals surface area contributed by atoms with Crippen molar-refractivity contribution < 1.29 is 22.7 Å². The number of pyridine rings is 1. The number of nitrogens with zero attached hydrogens (tertiary/aromatic N) is 3. The average molecular weight is 518 g/mol. The van der Waals surface area contributed by atoms with E-state index in [1.807, 2.05) is 0 Å². The van der Waals surface area contributed by atoms with Crippen LogP contribution in [0.4, 0.5) is 5.69 Å². The topological polar surface area (TPSA) is 98.7 Å². The molecule has 11 heteroatoms. The monoisotopic (exact) mass is 517 g/mol. The number of aromatic nitrogens is 2. The molecule has 0 aliphatic rings. The van der Waals surface area contributed by atoms with E-state index in [1.165, 1.54) is 25.4 Å². The summed E-state index contributed by atoms with van der Waals surface area (Å²) in [5.41, 5.74) is 0.796. The Labute approximate surface area is 205 Å². The Morgan fingerprint density at radius 2 is 1.71 bits per heavy atom. The van der Waals surface area contributed by atoms with Gasteiger partial charge in [0.05, 0.1) is 28.3 Å². The first-order valence-corrected chi connectivity index (χ1v) is 12.8. The summed E-state index contributed by atoms with van der Waals surface area (Å²) in [4.78, 5) is 17.4. The highest BCUT2D eigenvalue weighted by Crippen LogP contribution is 2.36. The molecule has 0 aliphatic heterocycles. The second-order valence-electron chi connectivity index (χ2n) is 7.19. The fourth-order valence-electron chi connectivity index (χ4n) is 3.32. The smallest absolute Gasteiger partial charge is 0.341 e. The SMILES string of the molecule is CCOC(=O)c1cnc2snc(C)c2c1N(C)S(=O)(=O)c1ccc(Oc2ccc(Cl)cc2)cc1. The van der Waals surface area contributed by atoms with Gasteiger partial charge in [0.15, 0.2) is 0 Å². The van der Waals surface area contributed by atoms with Crippen molar-refractivity contribution in [3.8, 4) is 11.5 Å². The van der Waals surface area contributed by atoms with E-state index < -0.39 is 16.0 Å². The van der Waals surface area contributed by atoms with Crippen LogP contribution in [0, 0.1) is 6.92 Å². The normalized spacial score (nSPS) is 11.4. The van der Waals surface area contributed by atoms with Gasteiger partial charge in [0, 0.05) is 18.3 Å². The molecule has 2 heterocycles. The van der Waals surface area contributed by atoms with Crippen LogP contribution in [0.15, 0.2) is 59.6 Å². The standard InChI is InChI=1S/C23H20ClN3O5S2/c1-4-31-23(28)19-13-25-22-20(14(2)26-33-22)21(19)27(3)34(29,30)18-11-9-17(10-12-18)32-16-7-5-15(24)6-8-16/h5-13H,4H2,1-3H3. The molecule has 0 atom stereocenters. The number of anilines is 1. The number of sulfonamides is 1. The second kappa shape index (κ2) is 9.57. The number of hydrogen-bond donors (Lipinski definition) is 0. The van der Waals surface area contributed by atoms with E-state index in [4.69, 9.17) is 21.1 Å². The van der Waals surface area contributed by atoms with Gasteiger partial charge in [-0.2, -0.15) is 4.37 Å². The maximum absolute atomic E-state index is 13.5. The Kier molecular flexibility index (Phi) is 6.74. The van der Waals surface area contributed by atoms with Crippen molar-refractivity contribution in [2.45, 2.75) is 18.7 Å². The van der Waals surface area contributed by atoms with E-state index in [-0.39, 0.29) is 22.8 Å². The quantitative estimate of drug-likeness (QED) is 0.301. The van der Waals surface area contributed by atoms with E-state index in [0.29, 0.717) is 32.4 Å². The molecule has 0 spiro atoms. The number of fused-ring (bicyclic) bond motifs is 1. The van der Waals surface area contributed by atoms with Crippen molar-refractivity contribution in [1.82, 2.24) is 9.36 Å². The van der Waals surface area contributed by atoms with E-state index in [1.54, 1.807) is 50.2 Å². The Hall–Kier alpha value is -3.21. The molecule has 0 amide bonds. The van der Waals surface area contributed by atoms with E-state index in [2.05, 4.69) is 9.36 Å². The molecule has 176 valence electrons. The third-order valence-corrected chi connectivity index (χ3v) is 7.86. The molecule has 0 saturated heterocycles. The average Bonchev–Trinajstić information content (AvgIpc) is 3.21. The molecular weight excluding hydrogens is 498 g/mol. The maximum atomic E-state index is 13.5. The fraction of sp³-hybridized carbons (Fsp3) is 0.174. The van der Waals surface area contributed by atoms with Crippen LogP contribution in [-0.2, 0) is 14.8 Å². The molecule has 0 unspecified atom stereocenters. The van der Waals surface area contributed by atoms with Gasteiger partial charge in [-0.3, -0.25) is 4.31 Å². The van der Waals surface area contributed by atoms with Crippen molar-refractivity contribution in [1.29, 1.82) is 0 Å². The largest absolute Gasteiger partial charge is 0.462 e. The Morgan fingerprint density at radius 1 is 1.09 bits per heavy atom. The van der Waals surface area contributed by atoms with Crippen LogP contribution in [0.2, 0.25) is 5.02 Å². The molecule has 0 radical (unpaired) electrons. The van der Waals surface area contributed by atoms with Gasteiger partial charge in [0.25, 0.3) is 10.0 Å². The predicted octanol–water partition coefficient (Wildman–Crippen LogP) is 5.45. The first-order chi connectivity index (χ1) is 16.2. The lowest BCUT2D eigenvalue weighted by Gasteiger charge is -2.23. The number of hydrogen-bond acceptors (Lipinski definition) is 8. The summed E-state index contributed by atoms with van der Waals surface area (Å²) in [5.74, 6) is 0.363. The third kappa shape index (κ3) is 4.56. The Balaban J connectivity index is 1.71. The molecule has 34 heavy (non-hydrogen) atoms. The third-order valence-electron chi connectivity index (χ3n) is 4.99. The molecule has 8 nitrogen and oxygen atoms in total. The summed E-state index contributed by atoms with van der Waals surface area (Å²) in [6.45, 7) is 3.56. The zero-order chi connectivity index (χ0) is 24.5. The van der Waals surface area contributed by atoms with Gasteiger partial charge in [0.1, 0.15) is 21.9 Å². The molecule has 4 rings (SSSR count). The summed E-state index contributed by atoms with van der Waals surface area (Å²) in [6, 6.07) is 12.8. The van der Waals surface area contributed by atoms with Crippen molar-refractivity contribution in [3.05, 3.63) is 71.0 Å². The lowest BCUT2D eigenvalue weighted by atomic mass is 10.1. The Bertz CT molecular complexity index is 1450. The number of rotatable bonds is 7. The number of carbonyl (C=O) groups is 1. The minimum Gasteiger partial charge on any atom is -0.462 e. The summed E-state index contributed by atoms with van der Waals surface area (Å²) in [7, 11) is -2.65. The molecule has 2 aromatic heterocycles. The number of esters is 1. The number of halogens is 1. The van der Waals surface area contributed by atoms with Crippen molar-refractivity contribution in [3.63, 3.8) is 0 Å². The second-order valence-corrected chi connectivity index (χ2v) is 10.3. The van der Waals surface area contributed by atoms with Crippen LogP contribution in [0.1, 0.15) is 23.0 Å². The number of ether oxygens (including phenoxy) is 2. The summed E-state index contributed by atoms with van der Waals surface area (Å²) >= 11 is 7.02. The summed E-state index contributed by atoms with van der Waals surface area (Å²) in [5, 5.41) is 1.07. The summed E-state index contributed by atoms with van der Waals surface area (Å²) in [6.07, 6.45) is 1.32. The zero-order valence-corrected chi connectivity index (χ0v) is 20.9. The van der Waals surface area contributed by atoms with Gasteiger partial charge in [-0.05, 0) is 73.9 Å². The highest BCUT2D eigenvalue weighted by atomic mass is 35.5. The van der Waals surface area contributed by atoms with Crippen molar-refractivity contribution in [2.24, 2.45) is 0 Å². The zero-order valence-electron chi connectivity index (χ0n) is 18.5. The van der Waals surface area contributed by atoms with Crippen molar-refractivity contribution in [2.75, 3.05) is 18.0 Å². The van der Waals surface area contributed by atoms with Gasteiger partial charge in [0.2, 0.25) is 0 Å². The molecule has 0 bridgehead atoms. The molecule has 0 fully saturated rings. The van der Waals surface area contributed by atoms with Crippen LogP contribution >= 0.6 is 23.1 Å². The van der Waals surface area contributed by atoms with Gasteiger partial charge in [-0.25, -0.2) is 18.2 Å². The van der Waals surface area contributed by atoms with Gasteiger partial charge < -0.3 is 9.47 Å². The minimum atomic E-state index is -4.04. The summed E-state index contributed by atoms with van der Waals surface area (Å²) < 4.78 is 43.3. The van der Waals surface area contributed by atoms with E-state index >= 15 is 0 Å². The fourth-order valence-corrected chi connectivity index (χ4v) is 5.42. The van der Waals surface area contributed by atoms with E-state index in [9.17, 15) is 13.2 Å². The number of benzene rings is 2. The Morgan fingerprint density at radius 3 is 2.32 bits per heavy atom. The van der Waals surface area contributed by atoms with Crippen LogP contribution in [0.5, 0.6) is 11.5 Å². The predicted molar refractivity (Wildman–Crippen MR) is 132 cm³/mol.